The van der Waals surface area contributed by atoms with E-state index < -0.39 is 0 Å². The van der Waals surface area contributed by atoms with Crippen LogP contribution < -0.4 is 5.56 Å². The number of pyridine rings is 1. The van der Waals surface area contributed by atoms with Crippen molar-refractivity contribution < 1.29 is 0 Å². The number of rotatable bonds is 1. The minimum Gasteiger partial charge on any atom is -0.316 e. The molecule has 1 aromatic carbocycles. The highest BCUT2D eigenvalue weighted by Crippen LogP contribution is 2.21. The zero-order valence-electron chi connectivity index (χ0n) is 10.6. The Labute approximate surface area is 123 Å². The number of benzene rings is 1. The lowest BCUT2D eigenvalue weighted by Gasteiger charge is -2.03. The van der Waals surface area contributed by atoms with Gasteiger partial charge in [0.15, 0.2) is 11.5 Å². The fourth-order valence-corrected chi connectivity index (χ4v) is 2.39. The number of nitrogens with one attached hydrogen (secondary N) is 1. The summed E-state index contributed by atoms with van der Waals surface area (Å²) >= 11 is 5.90. The van der Waals surface area contributed by atoms with Crippen LogP contribution in [0, 0.1) is 0 Å². The molecule has 0 atom stereocenters. The van der Waals surface area contributed by atoms with Crippen molar-refractivity contribution in [2.24, 2.45) is 0 Å². The fourth-order valence-electron chi connectivity index (χ4n) is 2.27. The van der Waals surface area contributed by atoms with Gasteiger partial charge in [-0.15, -0.1) is 10.2 Å². The quantitative estimate of drug-likeness (QED) is 0.585. The summed E-state index contributed by atoms with van der Waals surface area (Å²) in [4.78, 5) is 19.1. The largest absolute Gasteiger partial charge is 0.316 e. The van der Waals surface area contributed by atoms with Gasteiger partial charge in [0.05, 0.1) is 5.52 Å². The van der Waals surface area contributed by atoms with Gasteiger partial charge in [-0.1, -0.05) is 11.6 Å². The van der Waals surface area contributed by atoms with E-state index in [2.05, 4.69) is 20.2 Å². The third-order valence-corrected chi connectivity index (χ3v) is 3.47. The number of nitrogens with zero attached hydrogens (tertiary/aromatic N) is 4. The van der Waals surface area contributed by atoms with Crippen molar-refractivity contribution in [1.29, 1.82) is 0 Å². The van der Waals surface area contributed by atoms with Crippen LogP contribution in [-0.2, 0) is 0 Å². The van der Waals surface area contributed by atoms with Crippen LogP contribution in [-0.4, -0.2) is 24.6 Å². The van der Waals surface area contributed by atoms with Gasteiger partial charge in [-0.3, -0.25) is 9.20 Å². The van der Waals surface area contributed by atoms with Crippen LogP contribution in [0.25, 0.3) is 28.2 Å². The summed E-state index contributed by atoms with van der Waals surface area (Å²) in [5, 5.41) is 8.71. The summed E-state index contributed by atoms with van der Waals surface area (Å²) in [7, 11) is 0. The first-order valence-electron chi connectivity index (χ1n) is 6.22. The Kier molecular flexibility index (Phi) is 2.52. The first-order valence-corrected chi connectivity index (χ1v) is 6.60. The molecule has 0 saturated carbocycles. The van der Waals surface area contributed by atoms with Crippen LogP contribution >= 0.6 is 11.6 Å². The Morgan fingerprint density at radius 3 is 2.67 bits per heavy atom. The third kappa shape index (κ3) is 1.80. The average molecular weight is 298 g/mol. The summed E-state index contributed by atoms with van der Waals surface area (Å²) in [6.07, 6.45) is 1.66. The van der Waals surface area contributed by atoms with E-state index in [0.29, 0.717) is 22.0 Å². The van der Waals surface area contributed by atoms with E-state index in [1.807, 2.05) is 12.1 Å². The Balaban J connectivity index is 2.15. The lowest BCUT2D eigenvalue weighted by molar-refractivity contribution is 1.11. The molecule has 7 heteroatoms. The molecule has 0 aliphatic carbocycles. The second-order valence-corrected chi connectivity index (χ2v) is 4.95. The van der Waals surface area contributed by atoms with E-state index in [0.717, 1.165) is 5.56 Å². The lowest BCUT2D eigenvalue weighted by atomic mass is 10.2. The molecule has 1 N–H and O–H groups in total. The van der Waals surface area contributed by atoms with E-state index in [4.69, 9.17) is 11.6 Å². The molecule has 0 fully saturated rings. The summed E-state index contributed by atoms with van der Waals surface area (Å²) in [6.45, 7) is 0. The molecule has 3 aromatic heterocycles. The fraction of sp³-hybridized carbons (Fsp3) is 0. The first-order chi connectivity index (χ1) is 10.2. The minimum atomic E-state index is -0.303. The topological polar surface area (TPSA) is 75.9 Å². The van der Waals surface area contributed by atoms with Crippen molar-refractivity contribution in [1.82, 2.24) is 24.6 Å². The third-order valence-electron chi connectivity index (χ3n) is 3.22. The number of aromatic nitrogens is 5. The second-order valence-electron chi connectivity index (χ2n) is 4.52. The zero-order chi connectivity index (χ0) is 14.4. The van der Waals surface area contributed by atoms with E-state index in [-0.39, 0.29) is 11.2 Å². The maximum Gasteiger partial charge on any atom is 0.294 e. The van der Waals surface area contributed by atoms with E-state index in [1.165, 1.54) is 0 Å². The molecule has 0 aliphatic rings. The molecular formula is C14H8ClN5O. The van der Waals surface area contributed by atoms with Crippen LogP contribution in [0.2, 0.25) is 5.02 Å². The number of halogens is 1. The highest BCUT2D eigenvalue weighted by molar-refractivity contribution is 6.30. The van der Waals surface area contributed by atoms with Gasteiger partial charge < -0.3 is 4.98 Å². The Morgan fingerprint density at radius 1 is 1.05 bits per heavy atom. The van der Waals surface area contributed by atoms with Crippen LogP contribution in [0.3, 0.4) is 0 Å². The van der Waals surface area contributed by atoms with E-state index in [1.54, 1.807) is 34.9 Å². The van der Waals surface area contributed by atoms with Crippen molar-refractivity contribution in [3.05, 3.63) is 58.0 Å². The highest BCUT2D eigenvalue weighted by Gasteiger charge is 2.14. The normalized spacial score (nSPS) is 11.3. The summed E-state index contributed by atoms with van der Waals surface area (Å²) < 4.78 is 1.65. The molecule has 0 spiro atoms. The molecule has 3 heterocycles. The van der Waals surface area contributed by atoms with Crippen molar-refractivity contribution in [2.45, 2.75) is 0 Å². The highest BCUT2D eigenvalue weighted by atomic mass is 35.5. The molecule has 102 valence electrons. The minimum absolute atomic E-state index is 0.214. The SMILES string of the molecule is O=c1[nH]c2cccnc2n2c(-c3ccc(Cl)cc3)nnc12. The number of hydrogen-bond acceptors (Lipinski definition) is 4. The maximum atomic E-state index is 12.1. The standard InChI is InChI=1S/C14H8ClN5O/c15-9-5-3-8(4-6-9)11-18-19-13-14(21)17-10-2-1-7-16-12(10)20(11)13/h1-7H,(H,17,21). The van der Waals surface area contributed by atoms with Gasteiger partial charge in [0.25, 0.3) is 5.56 Å². The Hall–Kier alpha value is -2.73. The zero-order valence-corrected chi connectivity index (χ0v) is 11.4. The molecule has 0 bridgehead atoms. The molecule has 0 unspecified atom stereocenters. The number of hydrogen-bond donors (Lipinski definition) is 1. The number of H-pyrrole nitrogens is 1. The molecule has 6 nitrogen and oxygen atoms in total. The summed E-state index contributed by atoms with van der Waals surface area (Å²) in [5.41, 5.74) is 1.95. The first kappa shape index (κ1) is 12.0. The van der Waals surface area contributed by atoms with Gasteiger partial charge >= 0.3 is 0 Å². The van der Waals surface area contributed by atoms with Gasteiger partial charge in [-0.05, 0) is 36.4 Å². The Morgan fingerprint density at radius 2 is 1.86 bits per heavy atom. The second kappa shape index (κ2) is 4.39. The van der Waals surface area contributed by atoms with Crippen LogP contribution in [0.1, 0.15) is 0 Å². The predicted molar refractivity (Wildman–Crippen MR) is 79.4 cm³/mol. The van der Waals surface area contributed by atoms with Gasteiger partial charge in [0.1, 0.15) is 0 Å². The van der Waals surface area contributed by atoms with Crippen molar-refractivity contribution in [2.75, 3.05) is 0 Å². The monoisotopic (exact) mass is 297 g/mol. The van der Waals surface area contributed by atoms with Crippen molar-refractivity contribution in [3.8, 4) is 11.4 Å². The average Bonchev–Trinajstić information content (AvgIpc) is 2.94. The number of aromatic amines is 1. The molecule has 0 aliphatic heterocycles. The molecule has 4 aromatic rings. The van der Waals surface area contributed by atoms with Gasteiger partial charge in [0.2, 0.25) is 5.65 Å². The summed E-state index contributed by atoms with van der Waals surface area (Å²) in [5.74, 6) is 0.552. The molecule has 0 radical (unpaired) electrons. The molecule has 0 amide bonds. The number of fused-ring (bicyclic) bond motifs is 3. The van der Waals surface area contributed by atoms with Crippen LogP contribution in [0.5, 0.6) is 0 Å². The van der Waals surface area contributed by atoms with E-state index >= 15 is 0 Å². The maximum absolute atomic E-state index is 12.1. The molecule has 4 rings (SSSR count). The summed E-state index contributed by atoms with van der Waals surface area (Å²) in [6, 6.07) is 10.7. The molecule has 0 saturated heterocycles. The lowest BCUT2D eigenvalue weighted by Crippen LogP contribution is -2.11. The Bertz CT molecular complexity index is 1020. The van der Waals surface area contributed by atoms with Gasteiger partial charge in [0, 0.05) is 16.8 Å². The van der Waals surface area contributed by atoms with Crippen LogP contribution in [0.4, 0.5) is 0 Å². The van der Waals surface area contributed by atoms with E-state index in [9.17, 15) is 4.79 Å². The predicted octanol–water partition coefficient (Wildman–Crippen LogP) is 2.29. The van der Waals surface area contributed by atoms with Gasteiger partial charge in [-0.25, -0.2) is 4.98 Å². The molecular weight excluding hydrogens is 290 g/mol. The smallest absolute Gasteiger partial charge is 0.294 e. The van der Waals surface area contributed by atoms with Crippen LogP contribution in [0.15, 0.2) is 47.4 Å². The van der Waals surface area contributed by atoms with Crippen molar-refractivity contribution in [3.63, 3.8) is 0 Å². The van der Waals surface area contributed by atoms with Gasteiger partial charge in [-0.2, -0.15) is 0 Å². The van der Waals surface area contributed by atoms with Crippen molar-refractivity contribution >= 4 is 28.4 Å². The molecule has 21 heavy (non-hydrogen) atoms.